The molecular formula is C12H14BrNO2. The van der Waals surface area contributed by atoms with Gasteiger partial charge in [0, 0.05) is 23.5 Å². The first kappa shape index (κ1) is 11.6. The lowest BCUT2D eigenvalue weighted by molar-refractivity contribution is -0.141. The average Bonchev–Trinajstić information content (AvgIpc) is 2.66. The lowest BCUT2D eigenvalue weighted by Crippen LogP contribution is -2.21. The Morgan fingerprint density at radius 3 is 2.88 bits per heavy atom. The summed E-state index contributed by atoms with van der Waals surface area (Å²) in [6.07, 6.45) is 0. The summed E-state index contributed by atoms with van der Waals surface area (Å²) in [6.45, 7) is 3.34. The van der Waals surface area contributed by atoms with Crippen LogP contribution >= 0.6 is 15.9 Å². The van der Waals surface area contributed by atoms with Crippen molar-refractivity contribution in [3.05, 3.63) is 33.8 Å². The molecule has 3 nitrogen and oxygen atoms in total. The van der Waals surface area contributed by atoms with Crippen LogP contribution in [0.5, 0.6) is 0 Å². The molecule has 2 N–H and O–H groups in total. The Morgan fingerprint density at radius 2 is 2.25 bits per heavy atom. The molecule has 1 aromatic carbocycles. The Labute approximate surface area is 103 Å². The van der Waals surface area contributed by atoms with Crippen molar-refractivity contribution in [1.29, 1.82) is 0 Å². The first-order chi connectivity index (χ1) is 7.59. The van der Waals surface area contributed by atoms with Crippen molar-refractivity contribution in [1.82, 2.24) is 5.32 Å². The number of hydrogen-bond acceptors (Lipinski definition) is 2. The minimum atomic E-state index is -0.711. The molecule has 0 aliphatic carbocycles. The van der Waals surface area contributed by atoms with Gasteiger partial charge in [0.25, 0.3) is 0 Å². The van der Waals surface area contributed by atoms with Crippen molar-refractivity contribution in [2.75, 3.05) is 13.1 Å². The fourth-order valence-electron chi connectivity index (χ4n) is 2.32. The highest BCUT2D eigenvalue weighted by Gasteiger charge is 2.34. The molecule has 2 atom stereocenters. The highest BCUT2D eigenvalue weighted by Crippen LogP contribution is 2.31. The maximum atomic E-state index is 11.1. The minimum Gasteiger partial charge on any atom is -0.481 e. The van der Waals surface area contributed by atoms with Crippen LogP contribution in [0.4, 0.5) is 0 Å². The van der Waals surface area contributed by atoms with Crippen LogP contribution in [-0.4, -0.2) is 24.2 Å². The molecular weight excluding hydrogens is 270 g/mol. The lowest BCUT2D eigenvalue weighted by atomic mass is 9.86. The van der Waals surface area contributed by atoms with Gasteiger partial charge in [-0.05, 0) is 30.2 Å². The van der Waals surface area contributed by atoms with E-state index >= 15 is 0 Å². The molecule has 0 spiro atoms. The van der Waals surface area contributed by atoms with Crippen LogP contribution in [0.15, 0.2) is 22.7 Å². The van der Waals surface area contributed by atoms with Crippen LogP contribution in [0.2, 0.25) is 0 Å². The summed E-state index contributed by atoms with van der Waals surface area (Å²) in [6, 6.07) is 6.03. The summed E-state index contributed by atoms with van der Waals surface area (Å²) in [5.41, 5.74) is 2.29. The lowest BCUT2D eigenvalue weighted by Gasteiger charge is -2.17. The fourth-order valence-corrected chi connectivity index (χ4v) is 2.80. The van der Waals surface area contributed by atoms with Crippen molar-refractivity contribution in [3.8, 4) is 0 Å². The zero-order valence-electron chi connectivity index (χ0n) is 9.03. The van der Waals surface area contributed by atoms with Gasteiger partial charge in [0.1, 0.15) is 0 Å². The topological polar surface area (TPSA) is 49.3 Å². The van der Waals surface area contributed by atoms with E-state index in [1.54, 1.807) is 0 Å². The second-order valence-corrected chi connectivity index (χ2v) is 5.13. The molecule has 0 amide bonds. The molecule has 4 heteroatoms. The number of carboxylic acids is 1. The van der Waals surface area contributed by atoms with Crippen LogP contribution in [0.3, 0.4) is 0 Å². The van der Waals surface area contributed by atoms with E-state index < -0.39 is 5.97 Å². The van der Waals surface area contributed by atoms with E-state index in [0.29, 0.717) is 6.54 Å². The molecule has 1 saturated heterocycles. The first-order valence-electron chi connectivity index (χ1n) is 5.29. The molecule has 0 unspecified atom stereocenters. The highest BCUT2D eigenvalue weighted by atomic mass is 79.9. The van der Waals surface area contributed by atoms with Crippen LogP contribution in [0, 0.1) is 12.8 Å². The maximum absolute atomic E-state index is 11.1. The summed E-state index contributed by atoms with van der Waals surface area (Å²) >= 11 is 3.42. The van der Waals surface area contributed by atoms with E-state index in [-0.39, 0.29) is 11.8 Å². The number of rotatable bonds is 2. The molecule has 1 heterocycles. The second kappa shape index (κ2) is 4.55. The van der Waals surface area contributed by atoms with E-state index in [9.17, 15) is 4.79 Å². The van der Waals surface area contributed by atoms with Gasteiger partial charge in [-0.3, -0.25) is 4.79 Å². The molecule has 16 heavy (non-hydrogen) atoms. The Bertz CT molecular complexity index is 419. The Balaban J connectivity index is 2.32. The maximum Gasteiger partial charge on any atom is 0.308 e. The normalized spacial score (nSPS) is 24.6. The number of halogens is 1. The molecule has 86 valence electrons. The van der Waals surface area contributed by atoms with E-state index in [1.165, 1.54) is 0 Å². The van der Waals surface area contributed by atoms with Crippen molar-refractivity contribution in [3.63, 3.8) is 0 Å². The van der Waals surface area contributed by atoms with Gasteiger partial charge in [0.15, 0.2) is 0 Å². The first-order valence-corrected chi connectivity index (χ1v) is 6.08. The quantitative estimate of drug-likeness (QED) is 0.874. The van der Waals surface area contributed by atoms with Gasteiger partial charge < -0.3 is 10.4 Å². The van der Waals surface area contributed by atoms with Gasteiger partial charge in [0.2, 0.25) is 0 Å². The fraction of sp³-hybridized carbons (Fsp3) is 0.417. The summed E-state index contributed by atoms with van der Waals surface area (Å²) < 4.78 is 1.03. The standard InChI is InChI=1S/C12H14BrNO2/c1-7-4-8(13)2-3-9(7)10-5-14-6-11(10)12(15)16/h2-4,10-11,14H,5-6H2,1H3,(H,15,16)/t10-,11+/m0/s1. The molecule has 1 fully saturated rings. The second-order valence-electron chi connectivity index (χ2n) is 4.21. The molecule has 0 radical (unpaired) electrons. The summed E-state index contributed by atoms with van der Waals surface area (Å²) in [5.74, 6) is -0.928. The number of nitrogens with one attached hydrogen (secondary N) is 1. The smallest absolute Gasteiger partial charge is 0.308 e. The predicted molar refractivity (Wildman–Crippen MR) is 65.6 cm³/mol. The molecule has 0 saturated carbocycles. The molecule has 1 aliphatic rings. The minimum absolute atomic E-state index is 0.0885. The summed E-state index contributed by atoms with van der Waals surface area (Å²) in [7, 11) is 0. The van der Waals surface area contributed by atoms with Crippen molar-refractivity contribution >= 4 is 21.9 Å². The number of hydrogen-bond donors (Lipinski definition) is 2. The number of aryl methyl sites for hydroxylation is 1. The third kappa shape index (κ3) is 2.13. The number of carboxylic acid groups (broad SMARTS) is 1. The summed E-state index contributed by atoms with van der Waals surface area (Å²) in [5, 5.41) is 12.3. The van der Waals surface area contributed by atoms with Gasteiger partial charge in [-0.15, -0.1) is 0 Å². The highest BCUT2D eigenvalue weighted by molar-refractivity contribution is 9.10. The van der Waals surface area contributed by atoms with Crippen molar-refractivity contribution in [2.45, 2.75) is 12.8 Å². The van der Waals surface area contributed by atoms with E-state index in [4.69, 9.17) is 5.11 Å². The molecule has 2 rings (SSSR count). The Kier molecular flexibility index (Phi) is 3.30. The monoisotopic (exact) mass is 283 g/mol. The molecule has 1 aliphatic heterocycles. The van der Waals surface area contributed by atoms with E-state index in [2.05, 4.69) is 21.2 Å². The Hall–Kier alpha value is -0.870. The van der Waals surface area contributed by atoms with Crippen LogP contribution in [-0.2, 0) is 4.79 Å². The molecule has 1 aromatic rings. The molecule has 0 aromatic heterocycles. The SMILES string of the molecule is Cc1cc(Br)ccc1[C@@H]1CNC[C@H]1C(=O)O. The zero-order valence-corrected chi connectivity index (χ0v) is 10.6. The van der Waals surface area contributed by atoms with Crippen molar-refractivity contribution < 1.29 is 9.90 Å². The molecule has 0 bridgehead atoms. The van der Waals surface area contributed by atoms with Crippen LogP contribution in [0.25, 0.3) is 0 Å². The van der Waals surface area contributed by atoms with Crippen LogP contribution in [0.1, 0.15) is 17.0 Å². The van der Waals surface area contributed by atoms with Crippen LogP contribution < -0.4 is 5.32 Å². The van der Waals surface area contributed by atoms with Gasteiger partial charge in [-0.1, -0.05) is 22.0 Å². The number of carbonyl (C=O) groups is 1. The van der Waals surface area contributed by atoms with Gasteiger partial charge >= 0.3 is 5.97 Å². The number of aliphatic carboxylic acids is 1. The van der Waals surface area contributed by atoms with Crippen molar-refractivity contribution in [2.24, 2.45) is 5.92 Å². The van der Waals surface area contributed by atoms with E-state index in [0.717, 1.165) is 22.1 Å². The van der Waals surface area contributed by atoms with Gasteiger partial charge in [-0.25, -0.2) is 0 Å². The van der Waals surface area contributed by atoms with Gasteiger partial charge in [-0.2, -0.15) is 0 Å². The average molecular weight is 284 g/mol. The largest absolute Gasteiger partial charge is 0.481 e. The number of benzene rings is 1. The Morgan fingerprint density at radius 1 is 1.50 bits per heavy atom. The third-order valence-electron chi connectivity index (χ3n) is 3.16. The van der Waals surface area contributed by atoms with Gasteiger partial charge in [0.05, 0.1) is 5.92 Å². The third-order valence-corrected chi connectivity index (χ3v) is 3.66. The van der Waals surface area contributed by atoms with E-state index in [1.807, 2.05) is 25.1 Å². The summed E-state index contributed by atoms with van der Waals surface area (Å²) in [4.78, 5) is 11.1. The zero-order chi connectivity index (χ0) is 11.7. The predicted octanol–water partition coefficient (Wildman–Crippen LogP) is 2.15.